The van der Waals surface area contributed by atoms with E-state index < -0.39 is 0 Å². The number of aromatic nitrogens is 1. The fourth-order valence-corrected chi connectivity index (χ4v) is 5.10. The number of benzene rings is 2. The number of nitrogens with zero attached hydrogens (tertiary/aromatic N) is 1. The third-order valence-corrected chi connectivity index (χ3v) is 6.68. The Hall–Kier alpha value is -3.65. The van der Waals surface area contributed by atoms with Crippen molar-refractivity contribution in [1.29, 1.82) is 0 Å². The highest BCUT2D eigenvalue weighted by molar-refractivity contribution is 7.16. The van der Waals surface area contributed by atoms with Gasteiger partial charge in [0.05, 0.1) is 12.3 Å². The van der Waals surface area contributed by atoms with Gasteiger partial charge < -0.3 is 13.9 Å². The molecule has 0 fully saturated rings. The van der Waals surface area contributed by atoms with Crippen LogP contribution in [0.15, 0.2) is 51.7 Å². The minimum absolute atomic E-state index is 0.183. The molecule has 1 amide bonds. The number of nitrogens with one attached hydrogen (secondary N) is 1. The number of hydrogen-bond donors (Lipinski definition) is 1. The van der Waals surface area contributed by atoms with E-state index in [1.165, 1.54) is 11.3 Å². The molecule has 7 nitrogen and oxygen atoms in total. The van der Waals surface area contributed by atoms with Crippen molar-refractivity contribution in [2.75, 3.05) is 18.5 Å². The van der Waals surface area contributed by atoms with Gasteiger partial charge in [-0.15, -0.1) is 11.3 Å². The van der Waals surface area contributed by atoms with Gasteiger partial charge >= 0.3 is 5.63 Å². The van der Waals surface area contributed by atoms with Crippen molar-refractivity contribution >= 4 is 33.3 Å². The maximum Gasteiger partial charge on any atom is 0.339 e. The molecule has 1 aliphatic carbocycles. The molecule has 174 valence electrons. The van der Waals surface area contributed by atoms with E-state index in [1.807, 2.05) is 44.2 Å². The average molecular weight is 477 g/mol. The number of ether oxygens (including phenoxy) is 2. The lowest BCUT2D eigenvalue weighted by Crippen LogP contribution is -2.20. The van der Waals surface area contributed by atoms with Crippen molar-refractivity contribution in [2.45, 2.75) is 33.1 Å². The standard InChI is InChI=1S/C26H24N2O5S/c1-3-31-17-9-7-16(8-10-17)24-15(2)34-26(28-24)27-23(29)14-32-18-11-12-20-19-5-4-6-21(19)25(30)33-22(20)13-18/h7-13H,3-6,14H2,1-2H3,(H,27,28,29). The summed E-state index contributed by atoms with van der Waals surface area (Å²) in [6, 6.07) is 13.1. The first kappa shape index (κ1) is 22.2. The second kappa shape index (κ2) is 9.30. The van der Waals surface area contributed by atoms with E-state index in [-0.39, 0.29) is 18.1 Å². The third kappa shape index (κ3) is 4.41. The highest BCUT2D eigenvalue weighted by atomic mass is 32.1. The molecule has 0 aliphatic heterocycles. The van der Waals surface area contributed by atoms with Crippen LogP contribution in [-0.4, -0.2) is 24.1 Å². The van der Waals surface area contributed by atoms with Crippen molar-refractivity contribution in [1.82, 2.24) is 4.98 Å². The topological polar surface area (TPSA) is 90.7 Å². The van der Waals surface area contributed by atoms with Crippen molar-refractivity contribution < 1.29 is 18.7 Å². The average Bonchev–Trinajstić information content (AvgIpc) is 3.46. The molecule has 0 unspecified atom stereocenters. The van der Waals surface area contributed by atoms with E-state index in [9.17, 15) is 9.59 Å². The van der Waals surface area contributed by atoms with E-state index in [0.717, 1.165) is 57.7 Å². The van der Waals surface area contributed by atoms with Crippen LogP contribution in [0.2, 0.25) is 0 Å². The summed E-state index contributed by atoms with van der Waals surface area (Å²) in [4.78, 5) is 30.2. The van der Waals surface area contributed by atoms with E-state index in [4.69, 9.17) is 13.9 Å². The Labute approximate surface area is 200 Å². The van der Waals surface area contributed by atoms with Crippen LogP contribution >= 0.6 is 11.3 Å². The van der Waals surface area contributed by atoms with Crippen molar-refractivity contribution in [3.05, 3.63) is 68.9 Å². The van der Waals surface area contributed by atoms with Gasteiger partial charge in [-0.25, -0.2) is 9.78 Å². The number of rotatable bonds is 7. The van der Waals surface area contributed by atoms with Gasteiger partial charge in [0.25, 0.3) is 5.91 Å². The van der Waals surface area contributed by atoms with E-state index in [2.05, 4.69) is 10.3 Å². The van der Waals surface area contributed by atoms with Crippen LogP contribution in [0.3, 0.4) is 0 Å². The Kier molecular flexibility index (Phi) is 6.06. The molecule has 0 saturated heterocycles. The lowest BCUT2D eigenvalue weighted by atomic mass is 10.1. The molecule has 5 rings (SSSR count). The van der Waals surface area contributed by atoms with E-state index >= 15 is 0 Å². The van der Waals surface area contributed by atoms with Crippen LogP contribution in [0.25, 0.3) is 22.2 Å². The van der Waals surface area contributed by atoms with Crippen LogP contribution in [0, 0.1) is 6.92 Å². The Bertz CT molecular complexity index is 1420. The number of fused-ring (bicyclic) bond motifs is 3. The third-order valence-electron chi connectivity index (χ3n) is 5.80. The van der Waals surface area contributed by atoms with Crippen LogP contribution in [-0.2, 0) is 17.6 Å². The largest absolute Gasteiger partial charge is 0.494 e. The number of hydrogen-bond acceptors (Lipinski definition) is 7. The van der Waals surface area contributed by atoms with Gasteiger partial charge in [0.15, 0.2) is 11.7 Å². The second-order valence-electron chi connectivity index (χ2n) is 8.08. The van der Waals surface area contributed by atoms with Crippen molar-refractivity contribution in [2.24, 2.45) is 0 Å². The lowest BCUT2D eigenvalue weighted by Gasteiger charge is -2.08. The van der Waals surface area contributed by atoms with Crippen molar-refractivity contribution in [3.63, 3.8) is 0 Å². The van der Waals surface area contributed by atoms with Gasteiger partial charge in [0, 0.05) is 27.5 Å². The molecule has 0 atom stereocenters. The molecular formula is C26H24N2O5S. The van der Waals surface area contributed by atoms with Crippen LogP contribution in [0.1, 0.15) is 29.3 Å². The normalized spacial score (nSPS) is 12.5. The summed E-state index contributed by atoms with van der Waals surface area (Å²) in [6.07, 6.45) is 2.61. The summed E-state index contributed by atoms with van der Waals surface area (Å²) in [6.45, 7) is 4.34. The van der Waals surface area contributed by atoms with Gasteiger partial charge in [-0.05, 0) is 75.1 Å². The lowest BCUT2D eigenvalue weighted by molar-refractivity contribution is -0.118. The molecule has 2 aromatic carbocycles. The molecule has 4 aromatic rings. The number of aryl methyl sites for hydroxylation is 2. The van der Waals surface area contributed by atoms with Gasteiger partial charge in [-0.1, -0.05) is 0 Å². The first-order valence-corrected chi connectivity index (χ1v) is 12.1. The smallest absolute Gasteiger partial charge is 0.339 e. The predicted molar refractivity (Wildman–Crippen MR) is 132 cm³/mol. The Morgan fingerprint density at radius 2 is 1.85 bits per heavy atom. The zero-order chi connectivity index (χ0) is 23.7. The first-order valence-electron chi connectivity index (χ1n) is 11.2. The number of amides is 1. The molecule has 0 spiro atoms. The van der Waals surface area contributed by atoms with E-state index in [0.29, 0.717) is 23.1 Å². The molecule has 1 aliphatic rings. The van der Waals surface area contributed by atoms with E-state index in [1.54, 1.807) is 12.1 Å². The SMILES string of the molecule is CCOc1ccc(-c2nc(NC(=O)COc3ccc4c5c(c(=O)oc4c3)CCC5)sc2C)cc1. The molecule has 0 radical (unpaired) electrons. The predicted octanol–water partition coefficient (Wildman–Crippen LogP) is 5.13. The number of thiazole rings is 1. The maximum absolute atomic E-state index is 12.5. The molecule has 0 saturated carbocycles. The molecule has 8 heteroatoms. The fraction of sp³-hybridized carbons (Fsp3) is 0.269. The van der Waals surface area contributed by atoms with Gasteiger partial charge in [-0.3, -0.25) is 10.1 Å². The molecule has 1 N–H and O–H groups in total. The van der Waals surface area contributed by atoms with Gasteiger partial charge in [0.1, 0.15) is 17.1 Å². The summed E-state index contributed by atoms with van der Waals surface area (Å²) in [5.41, 5.74) is 3.83. The first-order chi connectivity index (χ1) is 16.5. The summed E-state index contributed by atoms with van der Waals surface area (Å²) in [5, 5.41) is 4.24. The number of carbonyl (C=O) groups excluding carboxylic acids is 1. The summed E-state index contributed by atoms with van der Waals surface area (Å²) in [7, 11) is 0. The summed E-state index contributed by atoms with van der Waals surface area (Å²) >= 11 is 1.41. The fourth-order valence-electron chi connectivity index (χ4n) is 4.25. The second-order valence-corrected chi connectivity index (χ2v) is 9.28. The minimum Gasteiger partial charge on any atom is -0.494 e. The quantitative estimate of drug-likeness (QED) is 0.372. The van der Waals surface area contributed by atoms with Crippen LogP contribution in [0.5, 0.6) is 11.5 Å². The highest BCUT2D eigenvalue weighted by Gasteiger charge is 2.20. The number of carbonyl (C=O) groups is 1. The molecule has 0 bridgehead atoms. The molecule has 34 heavy (non-hydrogen) atoms. The Balaban J connectivity index is 1.24. The molecule has 2 heterocycles. The molecule has 2 aromatic heterocycles. The maximum atomic E-state index is 12.5. The van der Waals surface area contributed by atoms with Gasteiger partial charge in [-0.2, -0.15) is 0 Å². The Morgan fingerprint density at radius 1 is 1.09 bits per heavy atom. The number of anilines is 1. The van der Waals surface area contributed by atoms with Gasteiger partial charge in [0.2, 0.25) is 0 Å². The molecular weight excluding hydrogens is 452 g/mol. The summed E-state index contributed by atoms with van der Waals surface area (Å²) < 4.78 is 16.6. The Morgan fingerprint density at radius 3 is 2.65 bits per heavy atom. The monoisotopic (exact) mass is 476 g/mol. The van der Waals surface area contributed by atoms with Crippen molar-refractivity contribution in [3.8, 4) is 22.8 Å². The van der Waals surface area contributed by atoms with Crippen LogP contribution in [0.4, 0.5) is 5.13 Å². The zero-order valence-corrected chi connectivity index (χ0v) is 19.8. The minimum atomic E-state index is -0.317. The summed E-state index contributed by atoms with van der Waals surface area (Å²) in [5.74, 6) is 0.957. The zero-order valence-electron chi connectivity index (χ0n) is 19.0. The van der Waals surface area contributed by atoms with Crippen LogP contribution < -0.4 is 20.4 Å². The highest BCUT2D eigenvalue weighted by Crippen LogP contribution is 2.32.